The molecule has 0 bridgehead atoms. The van der Waals surface area contributed by atoms with E-state index in [9.17, 15) is 31.9 Å². The van der Waals surface area contributed by atoms with Gasteiger partial charge in [-0.25, -0.2) is 9.18 Å². The van der Waals surface area contributed by atoms with Crippen LogP contribution in [0.4, 0.5) is 28.0 Å². The van der Waals surface area contributed by atoms with Gasteiger partial charge in [-0.3, -0.25) is 14.5 Å². The number of alkyl halides is 3. The van der Waals surface area contributed by atoms with Crippen LogP contribution in [0.25, 0.3) is 0 Å². The average molecular weight is 564 g/mol. The van der Waals surface area contributed by atoms with Gasteiger partial charge in [-0.05, 0) is 81.3 Å². The molecule has 0 aliphatic carbocycles. The van der Waals surface area contributed by atoms with Crippen LogP contribution >= 0.6 is 0 Å². The number of anilines is 1. The molecular weight excluding hydrogens is 530 g/mol. The van der Waals surface area contributed by atoms with Gasteiger partial charge in [-0.2, -0.15) is 13.2 Å². The maximum atomic E-state index is 14.0. The van der Waals surface area contributed by atoms with Crippen LogP contribution in [0.15, 0.2) is 30.3 Å². The highest BCUT2D eigenvalue weighted by Crippen LogP contribution is 2.33. The summed E-state index contributed by atoms with van der Waals surface area (Å²) < 4.78 is 58.0. The Kier molecular flexibility index (Phi) is 8.14. The molecule has 0 saturated carbocycles. The minimum Gasteiger partial charge on any atom is -0.444 e. The Bertz CT molecular complexity index is 1320. The maximum Gasteiger partial charge on any atom is 0.419 e. The molecule has 1 fully saturated rings. The van der Waals surface area contributed by atoms with Crippen molar-refractivity contribution >= 4 is 23.6 Å². The quantitative estimate of drug-likeness (QED) is 0.490. The van der Waals surface area contributed by atoms with Crippen molar-refractivity contribution in [3.63, 3.8) is 0 Å². The van der Waals surface area contributed by atoms with E-state index < -0.39 is 41.2 Å². The van der Waals surface area contributed by atoms with E-state index in [1.807, 2.05) is 19.1 Å². The highest BCUT2D eigenvalue weighted by Gasteiger charge is 2.39. The molecule has 1 atom stereocenters. The van der Waals surface area contributed by atoms with Crippen LogP contribution in [-0.4, -0.2) is 52.4 Å². The summed E-state index contributed by atoms with van der Waals surface area (Å²) in [5.74, 6) is -2.07. The first-order chi connectivity index (χ1) is 18.6. The number of nitrogens with zero attached hydrogens (tertiary/aromatic N) is 2. The van der Waals surface area contributed by atoms with Crippen LogP contribution < -0.4 is 5.32 Å². The maximum absolute atomic E-state index is 14.0. The standard InChI is InChI=1S/C29H33F4N3O4/c1-17-7-9-19-16-35(26(38)23-6-5-12-36(23)27(39)40-28(2,3)4)13-11-20(19)25(17)34-24(37)15-18-8-10-21(22(30)14-18)29(31,32)33/h7-10,14,23H,5-6,11-13,15-16H2,1-4H3,(H,34,37). The Balaban J connectivity index is 1.45. The Morgan fingerprint density at radius 3 is 2.45 bits per heavy atom. The third kappa shape index (κ3) is 6.56. The van der Waals surface area contributed by atoms with Gasteiger partial charge < -0.3 is 15.0 Å². The van der Waals surface area contributed by atoms with Crippen LogP contribution in [-0.2, 0) is 39.9 Å². The molecule has 1 unspecified atom stereocenters. The first-order valence-corrected chi connectivity index (χ1v) is 13.2. The summed E-state index contributed by atoms with van der Waals surface area (Å²) in [5, 5.41) is 2.84. The number of rotatable bonds is 4. The average Bonchev–Trinajstić information content (AvgIpc) is 3.33. The number of hydrogen-bond donors (Lipinski definition) is 1. The van der Waals surface area contributed by atoms with Gasteiger partial charge in [0.2, 0.25) is 11.8 Å². The number of fused-ring (bicyclic) bond motifs is 1. The van der Waals surface area contributed by atoms with Crippen molar-refractivity contribution < 1.29 is 36.7 Å². The number of carbonyl (C=O) groups excluding carboxylic acids is 3. The summed E-state index contributed by atoms with van der Waals surface area (Å²) in [6.45, 7) is 8.30. The number of ether oxygens (including phenoxy) is 1. The molecule has 11 heteroatoms. The van der Waals surface area contributed by atoms with E-state index in [1.54, 1.807) is 25.7 Å². The fourth-order valence-corrected chi connectivity index (χ4v) is 5.18. The lowest BCUT2D eigenvalue weighted by molar-refractivity contribution is -0.140. The molecule has 2 aliphatic heterocycles. The van der Waals surface area contributed by atoms with E-state index in [0.29, 0.717) is 50.7 Å². The van der Waals surface area contributed by atoms with Crippen molar-refractivity contribution in [2.24, 2.45) is 0 Å². The van der Waals surface area contributed by atoms with E-state index in [0.717, 1.165) is 28.8 Å². The first kappa shape index (κ1) is 29.4. The summed E-state index contributed by atoms with van der Waals surface area (Å²) in [4.78, 5) is 42.1. The molecule has 2 heterocycles. The fraction of sp³-hybridized carbons (Fsp3) is 0.483. The highest BCUT2D eigenvalue weighted by molar-refractivity contribution is 5.94. The van der Waals surface area contributed by atoms with E-state index in [4.69, 9.17) is 4.74 Å². The van der Waals surface area contributed by atoms with Crippen molar-refractivity contribution in [2.45, 2.75) is 77.7 Å². The predicted octanol–water partition coefficient (Wildman–Crippen LogP) is 5.62. The van der Waals surface area contributed by atoms with Crippen molar-refractivity contribution in [1.29, 1.82) is 0 Å². The second kappa shape index (κ2) is 11.1. The molecule has 0 radical (unpaired) electrons. The Morgan fingerprint density at radius 2 is 1.80 bits per heavy atom. The minimum absolute atomic E-state index is 0.119. The van der Waals surface area contributed by atoms with Gasteiger partial charge >= 0.3 is 12.3 Å². The molecule has 1 saturated heterocycles. The van der Waals surface area contributed by atoms with Gasteiger partial charge in [0.25, 0.3) is 0 Å². The zero-order chi connectivity index (χ0) is 29.4. The van der Waals surface area contributed by atoms with Crippen molar-refractivity contribution in [3.8, 4) is 0 Å². The van der Waals surface area contributed by atoms with Crippen molar-refractivity contribution in [1.82, 2.24) is 9.80 Å². The topological polar surface area (TPSA) is 79.0 Å². The predicted molar refractivity (Wildman–Crippen MR) is 140 cm³/mol. The number of nitrogens with one attached hydrogen (secondary N) is 1. The number of hydrogen-bond acceptors (Lipinski definition) is 4. The van der Waals surface area contributed by atoms with Crippen LogP contribution in [0, 0.1) is 12.7 Å². The lowest BCUT2D eigenvalue weighted by atomic mass is 9.94. The zero-order valence-corrected chi connectivity index (χ0v) is 23.0. The van der Waals surface area contributed by atoms with Crippen LogP contribution in [0.3, 0.4) is 0 Å². The fourth-order valence-electron chi connectivity index (χ4n) is 5.18. The summed E-state index contributed by atoms with van der Waals surface area (Å²) in [6, 6.07) is 5.57. The molecule has 0 aromatic heterocycles. The molecule has 40 heavy (non-hydrogen) atoms. The van der Waals surface area contributed by atoms with Crippen LogP contribution in [0.2, 0.25) is 0 Å². The Labute approximate surface area is 230 Å². The number of aryl methyl sites for hydroxylation is 1. The smallest absolute Gasteiger partial charge is 0.419 e. The monoisotopic (exact) mass is 563 g/mol. The summed E-state index contributed by atoms with van der Waals surface area (Å²) in [5.41, 5.74) is 1.16. The molecule has 2 aliphatic rings. The Morgan fingerprint density at radius 1 is 1.07 bits per heavy atom. The SMILES string of the molecule is Cc1ccc2c(c1NC(=O)Cc1ccc(C(F)(F)F)c(F)c1)CCN(C(=O)C1CCCN1C(=O)OC(C)(C)C)C2. The van der Waals surface area contributed by atoms with Crippen molar-refractivity contribution in [2.75, 3.05) is 18.4 Å². The van der Waals surface area contributed by atoms with Gasteiger partial charge in [0.15, 0.2) is 0 Å². The normalized spacial score (nSPS) is 17.4. The first-order valence-electron chi connectivity index (χ1n) is 13.2. The summed E-state index contributed by atoms with van der Waals surface area (Å²) in [6.07, 6.45) is -3.89. The molecule has 1 N–H and O–H groups in total. The zero-order valence-electron chi connectivity index (χ0n) is 23.0. The lowest BCUT2D eigenvalue weighted by Crippen LogP contribution is -2.50. The second-order valence-corrected chi connectivity index (χ2v) is 11.3. The number of halogens is 4. The molecule has 216 valence electrons. The van der Waals surface area contributed by atoms with E-state index in [2.05, 4.69) is 5.32 Å². The van der Waals surface area contributed by atoms with Crippen LogP contribution in [0.5, 0.6) is 0 Å². The molecule has 2 aromatic carbocycles. The second-order valence-electron chi connectivity index (χ2n) is 11.3. The third-order valence-corrected chi connectivity index (χ3v) is 7.06. The Hall–Kier alpha value is -3.63. The van der Waals surface area contributed by atoms with Gasteiger partial charge in [-0.15, -0.1) is 0 Å². The molecule has 2 aromatic rings. The number of amides is 3. The summed E-state index contributed by atoms with van der Waals surface area (Å²) >= 11 is 0. The van der Waals surface area contributed by atoms with Gasteiger partial charge in [-0.1, -0.05) is 18.2 Å². The number of carbonyl (C=O) groups is 3. The molecular formula is C29H33F4N3O4. The summed E-state index contributed by atoms with van der Waals surface area (Å²) in [7, 11) is 0. The molecule has 7 nitrogen and oxygen atoms in total. The minimum atomic E-state index is -4.81. The molecule has 4 rings (SSSR count). The van der Waals surface area contributed by atoms with Crippen molar-refractivity contribution in [3.05, 3.63) is 64.0 Å². The lowest BCUT2D eigenvalue weighted by Gasteiger charge is -2.35. The van der Waals surface area contributed by atoms with Gasteiger partial charge in [0.1, 0.15) is 17.5 Å². The number of likely N-dealkylation sites (tertiary alicyclic amines) is 1. The molecule has 0 spiro atoms. The van der Waals surface area contributed by atoms with E-state index in [-0.39, 0.29) is 17.9 Å². The van der Waals surface area contributed by atoms with E-state index in [1.165, 1.54) is 4.90 Å². The van der Waals surface area contributed by atoms with Gasteiger partial charge in [0.05, 0.1) is 12.0 Å². The van der Waals surface area contributed by atoms with Gasteiger partial charge in [0, 0.05) is 25.3 Å². The largest absolute Gasteiger partial charge is 0.444 e. The highest BCUT2D eigenvalue weighted by atomic mass is 19.4. The van der Waals surface area contributed by atoms with Crippen LogP contribution in [0.1, 0.15) is 61.4 Å². The molecule has 3 amide bonds. The van der Waals surface area contributed by atoms with E-state index >= 15 is 0 Å². The number of benzene rings is 2. The third-order valence-electron chi connectivity index (χ3n) is 7.06.